The van der Waals surface area contributed by atoms with E-state index in [2.05, 4.69) is 4.98 Å². The minimum atomic E-state index is -4.19. The fourth-order valence-corrected chi connectivity index (χ4v) is 4.45. The number of carbonyl (C=O) groups excluding carboxylic acids is 1. The third-order valence-electron chi connectivity index (χ3n) is 4.39. The van der Waals surface area contributed by atoms with Gasteiger partial charge in [-0.1, -0.05) is 12.1 Å². The SMILES string of the molecule is NC(=O)C(c1nc2ccccc2s1)C1CCN(CC(F)(F)F)CC1. The van der Waals surface area contributed by atoms with Gasteiger partial charge in [0, 0.05) is 0 Å². The maximum Gasteiger partial charge on any atom is 0.401 e. The van der Waals surface area contributed by atoms with Gasteiger partial charge in [0.2, 0.25) is 5.91 Å². The van der Waals surface area contributed by atoms with E-state index in [0.717, 1.165) is 10.2 Å². The van der Waals surface area contributed by atoms with Gasteiger partial charge in [-0.3, -0.25) is 9.69 Å². The van der Waals surface area contributed by atoms with Gasteiger partial charge in [-0.05, 0) is 44.0 Å². The Hall–Kier alpha value is -1.67. The van der Waals surface area contributed by atoms with Crippen molar-refractivity contribution >= 4 is 27.5 Å². The lowest BCUT2D eigenvalue weighted by Gasteiger charge is -2.34. The summed E-state index contributed by atoms with van der Waals surface area (Å²) in [7, 11) is 0. The zero-order chi connectivity index (χ0) is 17.3. The molecule has 1 aliphatic heterocycles. The molecule has 1 aromatic carbocycles. The molecule has 1 fully saturated rings. The van der Waals surface area contributed by atoms with Gasteiger partial charge >= 0.3 is 6.18 Å². The molecule has 2 heterocycles. The van der Waals surface area contributed by atoms with Crippen LogP contribution in [0.1, 0.15) is 23.8 Å². The number of thiazole rings is 1. The van der Waals surface area contributed by atoms with E-state index in [9.17, 15) is 18.0 Å². The van der Waals surface area contributed by atoms with Crippen molar-refractivity contribution in [2.75, 3.05) is 19.6 Å². The molecule has 1 saturated heterocycles. The molecule has 8 heteroatoms. The Bertz CT molecular complexity index is 690. The number of primary amides is 1. The van der Waals surface area contributed by atoms with Crippen molar-refractivity contribution in [1.29, 1.82) is 0 Å². The quantitative estimate of drug-likeness (QED) is 0.915. The average molecular weight is 357 g/mol. The van der Waals surface area contributed by atoms with E-state index in [4.69, 9.17) is 5.73 Å². The van der Waals surface area contributed by atoms with Gasteiger partial charge in [-0.2, -0.15) is 13.2 Å². The van der Waals surface area contributed by atoms with Crippen LogP contribution in [0.15, 0.2) is 24.3 Å². The van der Waals surface area contributed by atoms with Crippen molar-refractivity contribution in [2.24, 2.45) is 11.7 Å². The number of hydrogen-bond donors (Lipinski definition) is 1. The highest BCUT2D eigenvalue weighted by Crippen LogP contribution is 2.37. The molecule has 0 bridgehead atoms. The summed E-state index contributed by atoms with van der Waals surface area (Å²) in [5.74, 6) is -1.05. The van der Waals surface area contributed by atoms with Crippen LogP contribution < -0.4 is 5.73 Å². The van der Waals surface area contributed by atoms with E-state index in [-0.39, 0.29) is 5.92 Å². The smallest absolute Gasteiger partial charge is 0.369 e. The first-order valence-electron chi connectivity index (χ1n) is 7.77. The van der Waals surface area contributed by atoms with Crippen molar-refractivity contribution < 1.29 is 18.0 Å². The fourth-order valence-electron chi connectivity index (χ4n) is 3.28. The van der Waals surface area contributed by atoms with Crippen LogP contribution in [0.25, 0.3) is 10.2 Å². The molecule has 3 rings (SSSR count). The highest BCUT2D eigenvalue weighted by atomic mass is 32.1. The second-order valence-corrected chi connectivity index (χ2v) is 7.19. The second kappa shape index (κ2) is 6.68. The van der Waals surface area contributed by atoms with Crippen molar-refractivity contribution in [3.8, 4) is 0 Å². The second-order valence-electron chi connectivity index (χ2n) is 6.13. The van der Waals surface area contributed by atoms with Crippen LogP contribution >= 0.6 is 11.3 Å². The lowest BCUT2D eigenvalue weighted by Crippen LogP contribution is -2.42. The molecular formula is C16H18F3N3OS. The van der Waals surface area contributed by atoms with Crippen LogP contribution in [0.2, 0.25) is 0 Å². The molecule has 2 aromatic rings. The summed E-state index contributed by atoms with van der Waals surface area (Å²) >= 11 is 1.43. The summed E-state index contributed by atoms with van der Waals surface area (Å²) < 4.78 is 38.4. The third kappa shape index (κ3) is 3.87. The molecule has 24 heavy (non-hydrogen) atoms. The van der Waals surface area contributed by atoms with Gasteiger partial charge in [0.15, 0.2) is 0 Å². The van der Waals surface area contributed by atoms with E-state index in [1.54, 1.807) is 0 Å². The number of fused-ring (bicyclic) bond motifs is 1. The maximum atomic E-state index is 12.5. The Balaban J connectivity index is 1.74. The van der Waals surface area contributed by atoms with E-state index in [1.807, 2.05) is 24.3 Å². The standard InChI is InChI=1S/C16H18F3N3OS/c17-16(18,19)9-22-7-5-10(6-8-22)13(14(20)23)15-21-11-3-1-2-4-12(11)24-15/h1-4,10,13H,5-9H2,(H2,20,23). The van der Waals surface area contributed by atoms with Gasteiger partial charge in [0.1, 0.15) is 5.01 Å². The summed E-state index contributed by atoms with van der Waals surface area (Å²) in [6.45, 7) is -0.264. The summed E-state index contributed by atoms with van der Waals surface area (Å²) in [6, 6.07) is 7.58. The van der Waals surface area contributed by atoms with Crippen LogP contribution in [0, 0.1) is 5.92 Å². The lowest BCUT2D eigenvalue weighted by atomic mass is 9.84. The van der Waals surface area contributed by atoms with Gasteiger partial charge in [0.05, 0.1) is 22.7 Å². The topological polar surface area (TPSA) is 59.2 Å². The molecule has 1 unspecified atom stereocenters. The molecule has 2 N–H and O–H groups in total. The van der Waals surface area contributed by atoms with Crippen LogP contribution in [-0.4, -0.2) is 41.6 Å². The lowest BCUT2D eigenvalue weighted by molar-refractivity contribution is -0.149. The van der Waals surface area contributed by atoms with E-state index < -0.39 is 24.5 Å². The van der Waals surface area contributed by atoms with Gasteiger partial charge < -0.3 is 5.73 Å². The van der Waals surface area contributed by atoms with Gasteiger partial charge in [-0.15, -0.1) is 11.3 Å². The Labute approximate surface area is 141 Å². The van der Waals surface area contributed by atoms with E-state index in [0.29, 0.717) is 30.9 Å². The van der Waals surface area contributed by atoms with Crippen LogP contribution in [0.5, 0.6) is 0 Å². The largest absolute Gasteiger partial charge is 0.401 e. The molecule has 1 amide bonds. The number of benzene rings is 1. The summed E-state index contributed by atoms with van der Waals surface area (Å²) in [4.78, 5) is 17.9. The van der Waals surface area contributed by atoms with Crippen LogP contribution in [0.3, 0.4) is 0 Å². The number of carbonyl (C=O) groups is 1. The minimum absolute atomic E-state index is 0.0625. The first-order valence-corrected chi connectivity index (χ1v) is 8.59. The number of aromatic nitrogens is 1. The first-order chi connectivity index (χ1) is 11.3. The van der Waals surface area contributed by atoms with Gasteiger partial charge in [-0.25, -0.2) is 4.98 Å². The molecule has 0 radical (unpaired) electrons. The average Bonchev–Trinajstić information content (AvgIpc) is 2.90. The normalized spacial score (nSPS) is 18.8. The molecule has 1 aliphatic rings. The molecule has 0 saturated carbocycles. The predicted octanol–water partition coefficient (Wildman–Crippen LogP) is 3.14. The number of para-hydroxylation sites is 1. The number of amides is 1. The van der Waals surface area contributed by atoms with Crippen molar-refractivity contribution in [3.63, 3.8) is 0 Å². The monoisotopic (exact) mass is 357 g/mol. The zero-order valence-electron chi connectivity index (χ0n) is 12.9. The molecule has 0 spiro atoms. The number of nitrogens with two attached hydrogens (primary N) is 1. The highest BCUT2D eigenvalue weighted by Gasteiger charge is 2.37. The Kier molecular flexibility index (Phi) is 4.78. The molecule has 0 aliphatic carbocycles. The summed E-state index contributed by atoms with van der Waals surface area (Å²) in [5, 5.41) is 0.665. The van der Waals surface area contributed by atoms with Crippen molar-refractivity contribution in [2.45, 2.75) is 24.9 Å². The number of alkyl halides is 3. The van der Waals surface area contributed by atoms with Crippen LogP contribution in [0.4, 0.5) is 13.2 Å². The Morgan fingerprint density at radius 3 is 2.58 bits per heavy atom. The summed E-state index contributed by atoms with van der Waals surface area (Å²) in [5.41, 5.74) is 6.41. The fraction of sp³-hybridized carbons (Fsp3) is 0.500. The number of halogens is 3. The number of piperidine rings is 1. The van der Waals surface area contributed by atoms with E-state index >= 15 is 0 Å². The minimum Gasteiger partial charge on any atom is -0.369 e. The third-order valence-corrected chi connectivity index (χ3v) is 5.51. The highest BCUT2D eigenvalue weighted by molar-refractivity contribution is 7.18. The first kappa shape index (κ1) is 17.2. The number of hydrogen-bond acceptors (Lipinski definition) is 4. The summed E-state index contributed by atoms with van der Waals surface area (Å²) in [6.07, 6.45) is -3.16. The van der Waals surface area contributed by atoms with Crippen molar-refractivity contribution in [1.82, 2.24) is 9.88 Å². The maximum absolute atomic E-state index is 12.5. The van der Waals surface area contributed by atoms with Gasteiger partial charge in [0.25, 0.3) is 0 Å². The molecular weight excluding hydrogens is 339 g/mol. The molecule has 1 atom stereocenters. The number of nitrogens with zero attached hydrogens (tertiary/aromatic N) is 2. The Morgan fingerprint density at radius 2 is 2.00 bits per heavy atom. The van der Waals surface area contributed by atoms with Crippen molar-refractivity contribution in [3.05, 3.63) is 29.3 Å². The van der Waals surface area contributed by atoms with E-state index in [1.165, 1.54) is 16.2 Å². The molecule has 4 nitrogen and oxygen atoms in total. The molecule has 130 valence electrons. The molecule has 1 aromatic heterocycles. The number of rotatable bonds is 4. The van der Waals surface area contributed by atoms with Crippen LogP contribution in [-0.2, 0) is 4.79 Å². The zero-order valence-corrected chi connectivity index (χ0v) is 13.7. The Morgan fingerprint density at radius 1 is 1.33 bits per heavy atom. The number of likely N-dealkylation sites (tertiary alicyclic amines) is 1. The predicted molar refractivity (Wildman–Crippen MR) is 86.8 cm³/mol.